The van der Waals surface area contributed by atoms with Gasteiger partial charge in [-0.05, 0) is 36.5 Å². The van der Waals surface area contributed by atoms with Gasteiger partial charge in [-0.3, -0.25) is 9.78 Å². The molecule has 1 aromatic heterocycles. The summed E-state index contributed by atoms with van der Waals surface area (Å²) in [5, 5.41) is 2.94. The highest BCUT2D eigenvalue weighted by Gasteiger charge is 2.17. The van der Waals surface area contributed by atoms with Gasteiger partial charge in [0.2, 0.25) is 5.91 Å². The quantitative estimate of drug-likeness (QED) is 0.805. The molecular formula is C14H23N3O. The van der Waals surface area contributed by atoms with E-state index in [1.807, 2.05) is 13.0 Å². The SMILES string of the molecule is Cc1ccncc1CNC(=O)C(CN)CC(C)C. The Kier molecular flexibility index (Phi) is 5.78. The van der Waals surface area contributed by atoms with Crippen molar-refractivity contribution in [2.24, 2.45) is 17.6 Å². The Hall–Kier alpha value is -1.42. The van der Waals surface area contributed by atoms with Gasteiger partial charge in [0.05, 0.1) is 5.92 Å². The summed E-state index contributed by atoms with van der Waals surface area (Å²) in [6.07, 6.45) is 4.37. The second-order valence-corrected chi connectivity index (χ2v) is 5.08. The third kappa shape index (κ3) is 4.45. The normalized spacial score (nSPS) is 12.5. The van der Waals surface area contributed by atoms with Gasteiger partial charge in [-0.15, -0.1) is 0 Å². The van der Waals surface area contributed by atoms with E-state index in [0.29, 0.717) is 19.0 Å². The fraction of sp³-hybridized carbons (Fsp3) is 0.571. The molecule has 1 heterocycles. The summed E-state index contributed by atoms with van der Waals surface area (Å²) in [4.78, 5) is 16.0. The molecule has 0 saturated carbocycles. The van der Waals surface area contributed by atoms with Crippen LogP contribution in [-0.4, -0.2) is 17.4 Å². The Morgan fingerprint density at radius 3 is 2.78 bits per heavy atom. The number of aryl methyl sites for hydroxylation is 1. The smallest absolute Gasteiger partial charge is 0.224 e. The van der Waals surface area contributed by atoms with E-state index in [1.165, 1.54) is 0 Å². The standard InChI is InChI=1S/C14H23N3O/c1-10(2)6-12(7-15)14(18)17-9-13-8-16-5-4-11(13)3/h4-5,8,10,12H,6-7,9,15H2,1-3H3,(H,17,18). The first kappa shape index (κ1) is 14.6. The molecule has 18 heavy (non-hydrogen) atoms. The van der Waals surface area contributed by atoms with Crippen molar-refractivity contribution in [1.29, 1.82) is 0 Å². The second kappa shape index (κ2) is 7.11. The van der Waals surface area contributed by atoms with Gasteiger partial charge < -0.3 is 11.1 Å². The third-order valence-corrected chi connectivity index (χ3v) is 3.01. The highest BCUT2D eigenvalue weighted by Crippen LogP contribution is 2.11. The van der Waals surface area contributed by atoms with E-state index in [9.17, 15) is 4.79 Å². The van der Waals surface area contributed by atoms with E-state index in [-0.39, 0.29) is 11.8 Å². The number of pyridine rings is 1. The van der Waals surface area contributed by atoms with Gasteiger partial charge in [0.15, 0.2) is 0 Å². The molecule has 0 fully saturated rings. The van der Waals surface area contributed by atoms with E-state index in [2.05, 4.69) is 24.1 Å². The van der Waals surface area contributed by atoms with E-state index >= 15 is 0 Å². The molecule has 1 aromatic rings. The van der Waals surface area contributed by atoms with Crippen LogP contribution >= 0.6 is 0 Å². The van der Waals surface area contributed by atoms with Crippen LogP contribution in [0.2, 0.25) is 0 Å². The molecule has 4 nitrogen and oxygen atoms in total. The lowest BCUT2D eigenvalue weighted by Gasteiger charge is -2.17. The summed E-state index contributed by atoms with van der Waals surface area (Å²) in [5.41, 5.74) is 7.83. The molecule has 3 N–H and O–H groups in total. The molecule has 0 saturated heterocycles. The van der Waals surface area contributed by atoms with Gasteiger partial charge >= 0.3 is 0 Å². The van der Waals surface area contributed by atoms with Crippen molar-refractivity contribution in [2.45, 2.75) is 33.7 Å². The first-order valence-corrected chi connectivity index (χ1v) is 6.41. The molecule has 0 radical (unpaired) electrons. The Bertz CT molecular complexity index is 390. The minimum atomic E-state index is -0.0954. The Morgan fingerprint density at radius 2 is 2.22 bits per heavy atom. The Labute approximate surface area is 109 Å². The number of nitrogens with one attached hydrogen (secondary N) is 1. The first-order chi connectivity index (χ1) is 8.54. The van der Waals surface area contributed by atoms with Gasteiger partial charge in [-0.25, -0.2) is 0 Å². The van der Waals surface area contributed by atoms with E-state index < -0.39 is 0 Å². The third-order valence-electron chi connectivity index (χ3n) is 3.01. The first-order valence-electron chi connectivity index (χ1n) is 6.41. The summed E-state index contributed by atoms with van der Waals surface area (Å²) >= 11 is 0. The Balaban J connectivity index is 2.52. The summed E-state index contributed by atoms with van der Waals surface area (Å²) in [6, 6.07) is 1.94. The molecule has 1 atom stereocenters. The summed E-state index contributed by atoms with van der Waals surface area (Å²) < 4.78 is 0. The van der Waals surface area contributed by atoms with E-state index in [0.717, 1.165) is 17.5 Å². The van der Waals surface area contributed by atoms with Crippen molar-refractivity contribution >= 4 is 5.91 Å². The largest absolute Gasteiger partial charge is 0.352 e. The van der Waals surface area contributed by atoms with Crippen molar-refractivity contribution < 1.29 is 4.79 Å². The molecule has 4 heteroatoms. The van der Waals surface area contributed by atoms with Crippen molar-refractivity contribution in [3.8, 4) is 0 Å². The van der Waals surface area contributed by atoms with Crippen LogP contribution in [0, 0.1) is 18.8 Å². The van der Waals surface area contributed by atoms with E-state index in [1.54, 1.807) is 12.4 Å². The summed E-state index contributed by atoms with van der Waals surface area (Å²) in [7, 11) is 0. The van der Waals surface area contributed by atoms with Crippen LogP contribution < -0.4 is 11.1 Å². The average Bonchev–Trinajstić information content (AvgIpc) is 2.34. The van der Waals surface area contributed by atoms with Crippen molar-refractivity contribution in [1.82, 2.24) is 10.3 Å². The predicted octanol–water partition coefficient (Wildman–Crippen LogP) is 1.63. The van der Waals surface area contributed by atoms with Crippen LogP contribution in [-0.2, 0) is 11.3 Å². The molecule has 0 spiro atoms. The molecule has 0 aromatic carbocycles. The van der Waals surface area contributed by atoms with Crippen LogP contribution in [0.5, 0.6) is 0 Å². The van der Waals surface area contributed by atoms with Gasteiger partial charge in [0.1, 0.15) is 0 Å². The molecule has 0 aliphatic heterocycles. The summed E-state index contributed by atoms with van der Waals surface area (Å²) in [6.45, 7) is 7.13. The van der Waals surface area contributed by atoms with Gasteiger partial charge in [-0.2, -0.15) is 0 Å². The number of hydrogen-bond donors (Lipinski definition) is 2. The monoisotopic (exact) mass is 249 g/mol. The number of amides is 1. The maximum absolute atomic E-state index is 12.0. The van der Waals surface area contributed by atoms with Crippen molar-refractivity contribution in [3.05, 3.63) is 29.6 Å². The number of hydrogen-bond acceptors (Lipinski definition) is 3. The van der Waals surface area contributed by atoms with E-state index in [4.69, 9.17) is 5.73 Å². The number of aromatic nitrogens is 1. The molecule has 0 aliphatic rings. The number of carbonyl (C=O) groups excluding carboxylic acids is 1. The molecular weight excluding hydrogens is 226 g/mol. The van der Waals surface area contributed by atoms with Crippen molar-refractivity contribution in [3.63, 3.8) is 0 Å². The molecule has 100 valence electrons. The van der Waals surface area contributed by atoms with Crippen LogP contribution in [0.15, 0.2) is 18.5 Å². The zero-order valence-corrected chi connectivity index (χ0v) is 11.4. The second-order valence-electron chi connectivity index (χ2n) is 5.08. The van der Waals surface area contributed by atoms with Crippen LogP contribution in [0.4, 0.5) is 0 Å². The lowest BCUT2D eigenvalue weighted by atomic mass is 9.96. The topological polar surface area (TPSA) is 68.0 Å². The van der Waals surface area contributed by atoms with Crippen molar-refractivity contribution in [2.75, 3.05) is 6.54 Å². The molecule has 0 bridgehead atoms. The zero-order valence-electron chi connectivity index (χ0n) is 11.4. The van der Waals surface area contributed by atoms with Crippen LogP contribution in [0.25, 0.3) is 0 Å². The lowest BCUT2D eigenvalue weighted by Crippen LogP contribution is -2.35. The Morgan fingerprint density at radius 1 is 1.50 bits per heavy atom. The number of carbonyl (C=O) groups is 1. The van der Waals surface area contributed by atoms with Crippen LogP contribution in [0.1, 0.15) is 31.4 Å². The average molecular weight is 249 g/mol. The highest BCUT2D eigenvalue weighted by molar-refractivity contribution is 5.78. The number of nitrogens with zero attached hydrogens (tertiary/aromatic N) is 1. The maximum Gasteiger partial charge on any atom is 0.224 e. The van der Waals surface area contributed by atoms with Crippen LogP contribution in [0.3, 0.4) is 0 Å². The maximum atomic E-state index is 12.0. The molecule has 0 aliphatic carbocycles. The fourth-order valence-electron chi connectivity index (χ4n) is 1.89. The molecule has 1 unspecified atom stereocenters. The molecule has 1 rings (SSSR count). The number of nitrogens with two attached hydrogens (primary N) is 1. The van der Waals surface area contributed by atoms with Gasteiger partial charge in [0.25, 0.3) is 0 Å². The molecule has 1 amide bonds. The minimum absolute atomic E-state index is 0.0365. The number of rotatable bonds is 6. The predicted molar refractivity (Wildman–Crippen MR) is 72.8 cm³/mol. The fourth-order valence-corrected chi connectivity index (χ4v) is 1.89. The van der Waals surface area contributed by atoms with Gasteiger partial charge in [-0.1, -0.05) is 13.8 Å². The zero-order chi connectivity index (χ0) is 13.5. The lowest BCUT2D eigenvalue weighted by molar-refractivity contribution is -0.125. The highest BCUT2D eigenvalue weighted by atomic mass is 16.1. The minimum Gasteiger partial charge on any atom is -0.352 e. The summed E-state index contributed by atoms with van der Waals surface area (Å²) in [5.74, 6) is 0.417. The van der Waals surface area contributed by atoms with Gasteiger partial charge in [0, 0.05) is 25.5 Å².